The molecule has 32 heavy (non-hydrogen) atoms. The van der Waals surface area contributed by atoms with Crippen LogP contribution in [-0.2, 0) is 10.3 Å². The zero-order valence-electron chi connectivity index (χ0n) is 17.3. The molecule has 3 aromatic rings. The number of hydrogen-bond acceptors (Lipinski definition) is 5. The van der Waals surface area contributed by atoms with Gasteiger partial charge in [-0.3, -0.25) is 5.10 Å². The molecule has 1 N–H and O–H groups in total. The standard InChI is InChI=1S/C22H18Cl2F2N2O4/c1-4-30-20(29)18-16-17(27-28-18)12-7-8-14(31-21(25)26)15(19(12)32-22(16,2)3)11-6-5-10(23)9-13(11)24/h5-9,21H,4H2,1-3H3,(H,27,28). The Morgan fingerprint density at radius 1 is 1.22 bits per heavy atom. The smallest absolute Gasteiger partial charge is 0.387 e. The van der Waals surface area contributed by atoms with Gasteiger partial charge in [0.25, 0.3) is 0 Å². The van der Waals surface area contributed by atoms with Gasteiger partial charge in [0, 0.05) is 16.1 Å². The number of carbonyl (C=O) groups excluding carboxylic acids is 1. The highest BCUT2D eigenvalue weighted by atomic mass is 35.5. The number of aromatic amines is 1. The number of esters is 1. The van der Waals surface area contributed by atoms with Crippen molar-refractivity contribution >= 4 is 29.2 Å². The van der Waals surface area contributed by atoms with Crippen LogP contribution in [0.25, 0.3) is 22.4 Å². The number of benzene rings is 2. The molecule has 0 saturated heterocycles. The lowest BCUT2D eigenvalue weighted by atomic mass is 9.87. The van der Waals surface area contributed by atoms with Crippen molar-refractivity contribution in [1.82, 2.24) is 10.2 Å². The van der Waals surface area contributed by atoms with Crippen LogP contribution in [-0.4, -0.2) is 29.4 Å². The van der Waals surface area contributed by atoms with Gasteiger partial charge >= 0.3 is 12.6 Å². The summed E-state index contributed by atoms with van der Waals surface area (Å²) in [5.41, 5.74) is 1.17. The summed E-state index contributed by atoms with van der Waals surface area (Å²) in [5, 5.41) is 7.62. The summed E-state index contributed by atoms with van der Waals surface area (Å²) in [5.74, 6) is -0.458. The number of aromatic nitrogens is 2. The maximum atomic E-state index is 13.2. The highest BCUT2D eigenvalue weighted by Gasteiger charge is 2.41. The molecule has 6 nitrogen and oxygen atoms in total. The first kappa shape index (κ1) is 22.4. The van der Waals surface area contributed by atoms with E-state index in [0.717, 1.165) is 0 Å². The molecular formula is C22H18Cl2F2N2O4. The van der Waals surface area contributed by atoms with Crippen LogP contribution in [0.1, 0.15) is 36.8 Å². The number of nitrogens with one attached hydrogen (secondary N) is 1. The van der Waals surface area contributed by atoms with Gasteiger partial charge in [0.1, 0.15) is 17.1 Å². The molecule has 4 rings (SSSR count). The number of carbonyl (C=O) groups is 1. The average molecular weight is 483 g/mol. The maximum absolute atomic E-state index is 13.2. The summed E-state index contributed by atoms with van der Waals surface area (Å²) in [7, 11) is 0. The lowest BCUT2D eigenvalue weighted by Crippen LogP contribution is -2.31. The highest BCUT2D eigenvalue weighted by Crippen LogP contribution is 2.53. The molecule has 0 unspecified atom stereocenters. The van der Waals surface area contributed by atoms with Gasteiger partial charge in [-0.2, -0.15) is 13.9 Å². The molecular weight excluding hydrogens is 465 g/mol. The molecule has 0 amide bonds. The molecule has 0 radical (unpaired) electrons. The van der Waals surface area contributed by atoms with E-state index in [9.17, 15) is 13.6 Å². The van der Waals surface area contributed by atoms with E-state index in [1.165, 1.54) is 12.1 Å². The zero-order chi connectivity index (χ0) is 23.2. The summed E-state index contributed by atoms with van der Waals surface area (Å²) in [4.78, 5) is 12.4. The van der Waals surface area contributed by atoms with Crippen molar-refractivity contribution in [2.75, 3.05) is 6.61 Å². The number of halogens is 4. The minimum atomic E-state index is -3.06. The van der Waals surface area contributed by atoms with Gasteiger partial charge < -0.3 is 14.2 Å². The molecule has 1 aromatic heterocycles. The van der Waals surface area contributed by atoms with Crippen molar-refractivity contribution in [2.24, 2.45) is 0 Å². The average Bonchev–Trinajstić information content (AvgIpc) is 3.15. The fraction of sp³-hybridized carbons (Fsp3) is 0.273. The third kappa shape index (κ3) is 3.78. The second-order valence-electron chi connectivity index (χ2n) is 7.47. The minimum absolute atomic E-state index is 0.0940. The van der Waals surface area contributed by atoms with Crippen LogP contribution in [0.4, 0.5) is 8.78 Å². The van der Waals surface area contributed by atoms with Crippen LogP contribution in [0, 0.1) is 0 Å². The highest BCUT2D eigenvalue weighted by molar-refractivity contribution is 6.36. The van der Waals surface area contributed by atoms with E-state index in [1.54, 1.807) is 39.0 Å². The van der Waals surface area contributed by atoms with Gasteiger partial charge in [0.15, 0.2) is 5.69 Å². The number of alkyl halides is 2. The molecule has 2 aromatic carbocycles. The fourth-order valence-electron chi connectivity index (χ4n) is 3.79. The van der Waals surface area contributed by atoms with Crippen molar-refractivity contribution < 1.29 is 27.8 Å². The lowest BCUT2D eigenvalue weighted by Gasteiger charge is -2.34. The normalized spacial score (nSPS) is 13.9. The van der Waals surface area contributed by atoms with E-state index in [0.29, 0.717) is 27.4 Å². The Balaban J connectivity index is 2.00. The van der Waals surface area contributed by atoms with Crippen LogP contribution in [0.3, 0.4) is 0 Å². The summed E-state index contributed by atoms with van der Waals surface area (Å²) < 4.78 is 42.5. The van der Waals surface area contributed by atoms with Crippen molar-refractivity contribution in [1.29, 1.82) is 0 Å². The molecule has 2 heterocycles. The van der Waals surface area contributed by atoms with Crippen molar-refractivity contribution in [3.63, 3.8) is 0 Å². The van der Waals surface area contributed by atoms with E-state index in [-0.39, 0.29) is 34.4 Å². The molecule has 0 spiro atoms. The van der Waals surface area contributed by atoms with Crippen molar-refractivity contribution in [2.45, 2.75) is 33.0 Å². The topological polar surface area (TPSA) is 73.4 Å². The predicted octanol–water partition coefficient (Wildman–Crippen LogP) is 6.46. The van der Waals surface area contributed by atoms with Gasteiger partial charge in [-0.1, -0.05) is 29.3 Å². The first-order valence-corrected chi connectivity index (χ1v) is 10.4. The third-order valence-corrected chi connectivity index (χ3v) is 5.55. The van der Waals surface area contributed by atoms with E-state index in [4.69, 9.17) is 37.4 Å². The number of fused-ring (bicyclic) bond motifs is 3. The number of H-pyrrole nitrogens is 1. The molecule has 0 fully saturated rings. The van der Waals surface area contributed by atoms with Crippen molar-refractivity contribution in [3.8, 4) is 33.9 Å². The summed E-state index contributed by atoms with van der Waals surface area (Å²) in [6.45, 7) is 2.29. The van der Waals surface area contributed by atoms with Gasteiger partial charge in [0.2, 0.25) is 0 Å². The quantitative estimate of drug-likeness (QED) is 0.422. The minimum Gasteiger partial charge on any atom is -0.481 e. The van der Waals surface area contributed by atoms with E-state index < -0.39 is 18.2 Å². The number of rotatable bonds is 5. The van der Waals surface area contributed by atoms with Crippen LogP contribution in [0.5, 0.6) is 11.5 Å². The molecule has 1 aliphatic heterocycles. The van der Waals surface area contributed by atoms with Gasteiger partial charge in [-0.05, 0) is 45.0 Å². The molecule has 0 atom stereocenters. The predicted molar refractivity (Wildman–Crippen MR) is 116 cm³/mol. The van der Waals surface area contributed by atoms with Crippen LogP contribution in [0.2, 0.25) is 10.0 Å². The Kier molecular flexibility index (Phi) is 5.77. The van der Waals surface area contributed by atoms with Gasteiger partial charge in [-0.15, -0.1) is 0 Å². The Hall–Kier alpha value is -2.84. The van der Waals surface area contributed by atoms with Gasteiger partial charge in [-0.25, -0.2) is 4.79 Å². The first-order chi connectivity index (χ1) is 15.1. The second kappa shape index (κ2) is 8.26. The Bertz CT molecular complexity index is 1210. The van der Waals surface area contributed by atoms with E-state index in [2.05, 4.69) is 10.2 Å². The number of ether oxygens (including phenoxy) is 3. The second-order valence-corrected chi connectivity index (χ2v) is 8.32. The Morgan fingerprint density at radius 3 is 2.59 bits per heavy atom. The fourth-order valence-corrected chi connectivity index (χ4v) is 4.29. The van der Waals surface area contributed by atoms with E-state index in [1.807, 2.05) is 0 Å². The summed E-state index contributed by atoms with van der Waals surface area (Å²) >= 11 is 12.4. The molecule has 168 valence electrons. The molecule has 0 bridgehead atoms. The summed E-state index contributed by atoms with van der Waals surface area (Å²) in [6, 6.07) is 7.63. The lowest BCUT2D eigenvalue weighted by molar-refractivity contribution is -0.0496. The Morgan fingerprint density at radius 2 is 1.94 bits per heavy atom. The maximum Gasteiger partial charge on any atom is 0.387 e. The first-order valence-electron chi connectivity index (χ1n) is 9.66. The molecule has 0 aliphatic carbocycles. The summed E-state index contributed by atoms with van der Waals surface area (Å²) in [6.07, 6.45) is 0. The molecule has 10 heteroatoms. The number of nitrogens with zero attached hydrogens (tertiary/aromatic N) is 1. The third-order valence-electron chi connectivity index (χ3n) is 5.00. The monoisotopic (exact) mass is 482 g/mol. The SMILES string of the molecule is CCOC(=O)c1n[nH]c2c1C(C)(C)Oc1c-2ccc(OC(F)F)c1-c1ccc(Cl)cc1Cl. The van der Waals surface area contributed by atoms with Crippen molar-refractivity contribution in [3.05, 3.63) is 51.6 Å². The molecule has 1 aliphatic rings. The van der Waals surface area contributed by atoms with Crippen LogP contribution in [0.15, 0.2) is 30.3 Å². The van der Waals surface area contributed by atoms with E-state index >= 15 is 0 Å². The zero-order valence-corrected chi connectivity index (χ0v) is 18.8. The Labute approximate surface area is 192 Å². The molecule has 0 saturated carbocycles. The number of hydrogen-bond donors (Lipinski definition) is 1. The van der Waals surface area contributed by atoms with Gasteiger partial charge in [0.05, 0.1) is 28.5 Å². The van der Waals surface area contributed by atoms with Crippen LogP contribution >= 0.6 is 23.2 Å². The van der Waals surface area contributed by atoms with Crippen LogP contribution < -0.4 is 9.47 Å². The largest absolute Gasteiger partial charge is 0.481 e.